The first kappa shape index (κ1) is 14.4. The molecule has 0 aliphatic carbocycles. The van der Waals surface area contributed by atoms with Crippen molar-refractivity contribution in [2.24, 2.45) is 0 Å². The monoisotopic (exact) mass is 236 g/mol. The van der Waals surface area contributed by atoms with Crippen LogP contribution in [0.1, 0.15) is 13.3 Å². The number of hydrogen-bond donors (Lipinski definition) is 0. The first-order valence-electron chi connectivity index (χ1n) is 4.59. The van der Waals surface area contributed by atoms with Crippen LogP contribution in [0.4, 0.5) is 0 Å². The Hall–Kier alpha value is -0.640. The Morgan fingerprint density at radius 3 is 2.60 bits per heavy atom. The van der Waals surface area contributed by atoms with Crippen LogP contribution < -0.4 is 0 Å². The summed E-state index contributed by atoms with van der Waals surface area (Å²) < 4.78 is 25.6. The largest absolute Gasteiger partial charge is 0.462 e. The van der Waals surface area contributed by atoms with Gasteiger partial charge >= 0.3 is 13.6 Å². The van der Waals surface area contributed by atoms with Crippen LogP contribution >= 0.6 is 7.60 Å². The zero-order valence-corrected chi connectivity index (χ0v) is 10.2. The third-order valence-electron chi connectivity index (χ3n) is 1.49. The second-order valence-electron chi connectivity index (χ2n) is 2.81. The number of ether oxygens (including phenoxy) is 1. The fourth-order valence-electron chi connectivity index (χ4n) is 0.699. The second kappa shape index (κ2) is 7.63. The summed E-state index contributed by atoms with van der Waals surface area (Å²) >= 11 is 0. The molecular formula is C9H17O5P. The van der Waals surface area contributed by atoms with E-state index < -0.39 is 7.60 Å². The predicted molar refractivity (Wildman–Crippen MR) is 56.9 cm³/mol. The molecule has 0 rings (SSSR count). The van der Waals surface area contributed by atoms with Crippen molar-refractivity contribution in [2.45, 2.75) is 13.3 Å². The highest BCUT2D eigenvalue weighted by atomic mass is 31.2. The van der Waals surface area contributed by atoms with Crippen molar-refractivity contribution in [1.82, 2.24) is 0 Å². The maximum atomic E-state index is 11.2. The molecule has 0 aliphatic heterocycles. The summed E-state index contributed by atoms with van der Waals surface area (Å²) in [6, 6.07) is 0. The Kier molecular flexibility index (Phi) is 7.30. The highest BCUT2D eigenvalue weighted by Crippen LogP contribution is 2.42. The van der Waals surface area contributed by atoms with E-state index in [1.54, 1.807) is 13.0 Å². The lowest BCUT2D eigenvalue weighted by molar-refractivity contribution is -0.137. The number of rotatable bonds is 7. The van der Waals surface area contributed by atoms with Gasteiger partial charge in [0.15, 0.2) is 0 Å². The summed E-state index contributed by atoms with van der Waals surface area (Å²) in [5.74, 6) is -0.385. The molecule has 0 saturated heterocycles. The number of carbonyl (C=O) groups is 1. The lowest BCUT2D eigenvalue weighted by atomic mass is 10.5. The van der Waals surface area contributed by atoms with Crippen LogP contribution in [-0.2, 0) is 23.1 Å². The smallest absolute Gasteiger partial charge is 0.330 e. The Bertz CT molecular complexity index is 261. The van der Waals surface area contributed by atoms with Gasteiger partial charge in [-0.3, -0.25) is 4.57 Å². The standard InChI is InChI=1S/C9H17O5P/c1-4-6-9(10)13-7-5-8-14-15(3,11)12-2/h4,6H,5,7-8H2,1-3H3. The minimum Gasteiger partial charge on any atom is -0.462 e. The maximum Gasteiger partial charge on any atom is 0.330 e. The van der Waals surface area contributed by atoms with Gasteiger partial charge in [-0.2, -0.15) is 0 Å². The minimum absolute atomic E-state index is 0.241. The predicted octanol–water partition coefficient (Wildman–Crippen LogP) is 1.98. The lowest BCUT2D eigenvalue weighted by Crippen LogP contribution is -2.05. The molecule has 0 aromatic carbocycles. The maximum absolute atomic E-state index is 11.2. The van der Waals surface area contributed by atoms with Crippen molar-refractivity contribution in [3.8, 4) is 0 Å². The third-order valence-corrected chi connectivity index (χ3v) is 2.81. The quantitative estimate of drug-likeness (QED) is 0.293. The Morgan fingerprint density at radius 2 is 2.07 bits per heavy atom. The van der Waals surface area contributed by atoms with E-state index in [0.717, 1.165) is 0 Å². The second-order valence-corrected chi connectivity index (χ2v) is 4.97. The first-order chi connectivity index (χ1) is 7.02. The average molecular weight is 236 g/mol. The first-order valence-corrected chi connectivity index (χ1v) is 6.58. The lowest BCUT2D eigenvalue weighted by Gasteiger charge is -2.10. The molecule has 15 heavy (non-hydrogen) atoms. The summed E-state index contributed by atoms with van der Waals surface area (Å²) in [6.07, 6.45) is 3.43. The van der Waals surface area contributed by atoms with Gasteiger partial charge in [-0.1, -0.05) is 6.08 Å². The molecule has 0 saturated carbocycles. The van der Waals surface area contributed by atoms with Gasteiger partial charge in [0.25, 0.3) is 0 Å². The minimum atomic E-state index is -2.90. The van der Waals surface area contributed by atoms with E-state index in [4.69, 9.17) is 9.26 Å². The molecule has 1 atom stereocenters. The fraction of sp³-hybridized carbons (Fsp3) is 0.667. The van der Waals surface area contributed by atoms with Gasteiger partial charge in [-0.15, -0.1) is 0 Å². The number of esters is 1. The number of allylic oxidation sites excluding steroid dienone is 1. The van der Waals surface area contributed by atoms with Gasteiger partial charge in [0.05, 0.1) is 13.2 Å². The molecule has 1 unspecified atom stereocenters. The van der Waals surface area contributed by atoms with Crippen LogP contribution in [0.15, 0.2) is 12.2 Å². The van der Waals surface area contributed by atoms with Crippen molar-refractivity contribution >= 4 is 13.6 Å². The molecule has 0 aromatic rings. The summed E-state index contributed by atoms with van der Waals surface area (Å²) in [7, 11) is -1.58. The molecule has 0 fully saturated rings. The van der Waals surface area contributed by atoms with Crippen LogP contribution in [0.5, 0.6) is 0 Å². The van der Waals surface area contributed by atoms with Gasteiger partial charge in [0.1, 0.15) is 0 Å². The van der Waals surface area contributed by atoms with Crippen molar-refractivity contribution in [3.05, 3.63) is 12.2 Å². The average Bonchev–Trinajstić information content (AvgIpc) is 2.17. The van der Waals surface area contributed by atoms with E-state index in [1.165, 1.54) is 19.9 Å². The summed E-state index contributed by atoms with van der Waals surface area (Å²) in [5.41, 5.74) is 0. The molecule has 5 nitrogen and oxygen atoms in total. The Balaban J connectivity index is 3.48. The highest BCUT2D eigenvalue weighted by Gasteiger charge is 2.13. The number of carbonyl (C=O) groups excluding carboxylic acids is 1. The van der Waals surface area contributed by atoms with Crippen LogP contribution in [0.2, 0.25) is 0 Å². The van der Waals surface area contributed by atoms with Gasteiger partial charge in [-0.05, 0) is 6.92 Å². The van der Waals surface area contributed by atoms with Crippen LogP contribution in [0.3, 0.4) is 0 Å². The topological polar surface area (TPSA) is 61.8 Å². The van der Waals surface area contributed by atoms with Gasteiger partial charge in [-0.25, -0.2) is 4.79 Å². The van der Waals surface area contributed by atoms with E-state index in [9.17, 15) is 9.36 Å². The molecule has 0 spiro atoms. The van der Waals surface area contributed by atoms with E-state index in [0.29, 0.717) is 6.42 Å². The van der Waals surface area contributed by atoms with Crippen LogP contribution in [0, 0.1) is 0 Å². The molecule has 0 N–H and O–H groups in total. The molecule has 88 valence electrons. The van der Waals surface area contributed by atoms with E-state index >= 15 is 0 Å². The molecule has 0 bridgehead atoms. The highest BCUT2D eigenvalue weighted by molar-refractivity contribution is 7.52. The van der Waals surface area contributed by atoms with E-state index in [2.05, 4.69) is 4.52 Å². The summed E-state index contributed by atoms with van der Waals surface area (Å²) in [4.78, 5) is 10.8. The van der Waals surface area contributed by atoms with Gasteiger partial charge in [0.2, 0.25) is 0 Å². The van der Waals surface area contributed by atoms with E-state index in [-0.39, 0.29) is 19.2 Å². The fourth-order valence-corrected chi connectivity index (χ4v) is 1.27. The Labute approximate surface area is 89.9 Å². The third kappa shape index (κ3) is 8.36. The van der Waals surface area contributed by atoms with Crippen LogP contribution in [0.25, 0.3) is 0 Å². The van der Waals surface area contributed by atoms with Crippen LogP contribution in [-0.4, -0.2) is 33.0 Å². The molecular weight excluding hydrogens is 219 g/mol. The summed E-state index contributed by atoms with van der Waals surface area (Å²) in [6.45, 7) is 3.60. The zero-order chi connectivity index (χ0) is 11.7. The molecule has 0 aliphatic rings. The molecule has 0 aromatic heterocycles. The van der Waals surface area contributed by atoms with Crippen molar-refractivity contribution in [3.63, 3.8) is 0 Å². The van der Waals surface area contributed by atoms with Crippen molar-refractivity contribution in [2.75, 3.05) is 27.0 Å². The van der Waals surface area contributed by atoms with Gasteiger partial charge in [0, 0.05) is 26.3 Å². The van der Waals surface area contributed by atoms with Crippen molar-refractivity contribution in [1.29, 1.82) is 0 Å². The normalized spacial score (nSPS) is 15.1. The molecule has 0 amide bonds. The molecule has 6 heteroatoms. The van der Waals surface area contributed by atoms with Crippen molar-refractivity contribution < 1.29 is 23.1 Å². The number of hydrogen-bond acceptors (Lipinski definition) is 5. The zero-order valence-electron chi connectivity index (χ0n) is 9.26. The van der Waals surface area contributed by atoms with E-state index in [1.807, 2.05) is 0 Å². The SMILES string of the molecule is CC=CC(=O)OCCCOP(C)(=O)OC. The summed E-state index contributed by atoms with van der Waals surface area (Å²) in [5, 5.41) is 0. The van der Waals surface area contributed by atoms with Gasteiger partial charge < -0.3 is 13.8 Å². The molecule has 0 heterocycles. The Morgan fingerprint density at radius 1 is 1.40 bits per heavy atom. The molecule has 0 radical (unpaired) electrons.